The lowest BCUT2D eigenvalue weighted by Crippen LogP contribution is -2.54. The van der Waals surface area contributed by atoms with Crippen LogP contribution in [0.1, 0.15) is 30.9 Å². The Hall–Kier alpha value is -2.91. The van der Waals surface area contributed by atoms with Gasteiger partial charge in [0.25, 0.3) is 0 Å². The van der Waals surface area contributed by atoms with E-state index < -0.39 is 35.0 Å². The van der Waals surface area contributed by atoms with Crippen molar-refractivity contribution in [3.63, 3.8) is 0 Å². The van der Waals surface area contributed by atoms with Gasteiger partial charge in [-0.25, -0.2) is 8.78 Å². The summed E-state index contributed by atoms with van der Waals surface area (Å²) in [6.07, 6.45) is 0.0882. The maximum Gasteiger partial charge on any atom is 0.312 e. The molecular weight excluding hydrogens is 398 g/mol. The van der Waals surface area contributed by atoms with Crippen molar-refractivity contribution in [1.29, 1.82) is 5.26 Å². The lowest BCUT2D eigenvalue weighted by Gasteiger charge is -2.45. The Morgan fingerprint density at radius 3 is 2.59 bits per heavy atom. The zero-order chi connectivity index (χ0) is 21.3. The van der Waals surface area contributed by atoms with E-state index in [4.69, 9.17) is 11.6 Å². The van der Waals surface area contributed by atoms with Crippen molar-refractivity contribution >= 4 is 17.6 Å². The molecule has 0 aromatic heterocycles. The highest BCUT2D eigenvalue weighted by molar-refractivity contribution is 6.31. The molecule has 4 nitrogen and oxygen atoms in total. The zero-order valence-corrected chi connectivity index (χ0v) is 16.6. The van der Waals surface area contributed by atoms with Gasteiger partial charge in [0.05, 0.1) is 17.1 Å². The van der Waals surface area contributed by atoms with Gasteiger partial charge in [0.1, 0.15) is 11.6 Å². The maximum atomic E-state index is 14.2. The molecule has 0 spiro atoms. The van der Waals surface area contributed by atoms with E-state index in [1.807, 2.05) is 0 Å². The van der Waals surface area contributed by atoms with Crippen molar-refractivity contribution in [3.05, 3.63) is 81.5 Å². The molecular formula is C22H19ClF2N2O2. The molecule has 2 N–H and O–H groups in total. The molecule has 1 aliphatic rings. The molecule has 3 atom stereocenters. The maximum absolute atomic E-state index is 14.2. The van der Waals surface area contributed by atoms with Crippen molar-refractivity contribution < 1.29 is 18.7 Å². The summed E-state index contributed by atoms with van der Waals surface area (Å²) >= 11 is 6.25. The molecule has 7 heteroatoms. The number of hydrogen-bond acceptors (Lipinski definition) is 3. The molecule has 3 rings (SSSR count). The van der Waals surface area contributed by atoms with Gasteiger partial charge in [0.2, 0.25) is 0 Å². The number of carboxylic acids is 1. The van der Waals surface area contributed by atoms with Crippen LogP contribution in [-0.2, 0) is 11.2 Å². The standard InChI is InChI=1S/C22H19ClF2N2O2/c1-12-22(2,21(28)29)20(15-8-7-14(24)10-17(15)23)16(11-26)19(27-12)9-13-5-3-4-6-18(13)25/h3-8,10,12,20,27H,9H2,1-2H3,(H,28,29). The quantitative estimate of drug-likeness (QED) is 0.750. The molecule has 150 valence electrons. The lowest BCUT2D eigenvalue weighted by molar-refractivity contribution is -0.150. The van der Waals surface area contributed by atoms with Crippen LogP contribution in [0.4, 0.5) is 8.78 Å². The Morgan fingerprint density at radius 1 is 1.31 bits per heavy atom. The summed E-state index contributed by atoms with van der Waals surface area (Å²) in [5.74, 6) is -3.04. The van der Waals surface area contributed by atoms with Gasteiger partial charge >= 0.3 is 5.97 Å². The third-order valence-electron chi connectivity index (χ3n) is 5.68. The van der Waals surface area contributed by atoms with Gasteiger partial charge in [-0.3, -0.25) is 4.79 Å². The molecule has 1 aliphatic heterocycles. The molecule has 0 fully saturated rings. The molecule has 0 aliphatic carbocycles. The second kappa shape index (κ2) is 7.84. The fourth-order valence-electron chi connectivity index (χ4n) is 3.85. The van der Waals surface area contributed by atoms with Gasteiger partial charge in [-0.15, -0.1) is 0 Å². The molecule has 0 saturated heterocycles. The van der Waals surface area contributed by atoms with E-state index in [9.17, 15) is 23.9 Å². The minimum atomic E-state index is -1.44. The number of halogens is 3. The van der Waals surface area contributed by atoms with Crippen molar-refractivity contribution in [1.82, 2.24) is 5.32 Å². The summed E-state index contributed by atoms with van der Waals surface area (Å²) in [5.41, 5.74) is -0.156. The fraction of sp³-hybridized carbons (Fsp3) is 0.273. The normalized spacial score (nSPS) is 24.0. The number of allylic oxidation sites excluding steroid dienone is 2. The number of nitrogens with one attached hydrogen (secondary N) is 1. The number of nitriles is 1. The molecule has 2 aromatic rings. The smallest absolute Gasteiger partial charge is 0.312 e. The first-order chi connectivity index (χ1) is 13.7. The summed E-state index contributed by atoms with van der Waals surface area (Å²) in [7, 11) is 0. The molecule has 2 aromatic carbocycles. The topological polar surface area (TPSA) is 73.1 Å². The lowest BCUT2D eigenvalue weighted by atomic mass is 9.63. The highest BCUT2D eigenvalue weighted by Crippen LogP contribution is 2.49. The van der Waals surface area contributed by atoms with Crippen LogP contribution >= 0.6 is 11.6 Å². The number of carboxylic acid groups (broad SMARTS) is 1. The van der Waals surface area contributed by atoms with E-state index >= 15 is 0 Å². The van der Waals surface area contributed by atoms with Crippen LogP contribution in [0, 0.1) is 28.4 Å². The summed E-state index contributed by atoms with van der Waals surface area (Å²) in [6.45, 7) is 3.21. The minimum absolute atomic E-state index is 0.0366. The first-order valence-corrected chi connectivity index (χ1v) is 9.39. The monoisotopic (exact) mass is 416 g/mol. The van der Waals surface area contributed by atoms with Crippen molar-refractivity contribution in [2.75, 3.05) is 0 Å². The van der Waals surface area contributed by atoms with Gasteiger partial charge in [-0.1, -0.05) is 35.9 Å². The summed E-state index contributed by atoms with van der Waals surface area (Å²) in [5, 5.41) is 23.1. The van der Waals surface area contributed by atoms with Gasteiger partial charge in [0.15, 0.2) is 0 Å². The van der Waals surface area contributed by atoms with Crippen LogP contribution < -0.4 is 5.32 Å². The molecule has 0 saturated carbocycles. The number of hydrogen-bond donors (Lipinski definition) is 2. The van der Waals surface area contributed by atoms with E-state index in [1.165, 1.54) is 25.1 Å². The van der Waals surface area contributed by atoms with Crippen LogP contribution in [0.25, 0.3) is 0 Å². The van der Waals surface area contributed by atoms with Crippen LogP contribution in [0.2, 0.25) is 5.02 Å². The number of aliphatic carboxylic acids is 1. The van der Waals surface area contributed by atoms with Crippen LogP contribution in [0.3, 0.4) is 0 Å². The predicted octanol–water partition coefficient (Wildman–Crippen LogP) is 4.80. The van der Waals surface area contributed by atoms with Crippen molar-refractivity contribution in [3.8, 4) is 6.07 Å². The number of nitrogens with zero attached hydrogens (tertiary/aromatic N) is 1. The van der Waals surface area contributed by atoms with E-state index in [1.54, 1.807) is 25.1 Å². The third-order valence-corrected chi connectivity index (χ3v) is 6.01. The second-order valence-corrected chi connectivity index (χ2v) is 7.73. The fourth-order valence-corrected chi connectivity index (χ4v) is 4.12. The number of benzene rings is 2. The predicted molar refractivity (Wildman–Crippen MR) is 105 cm³/mol. The summed E-state index contributed by atoms with van der Waals surface area (Å²) in [4.78, 5) is 12.3. The van der Waals surface area contributed by atoms with E-state index in [0.717, 1.165) is 6.07 Å². The van der Waals surface area contributed by atoms with Crippen LogP contribution in [0.15, 0.2) is 53.7 Å². The number of rotatable bonds is 4. The largest absolute Gasteiger partial charge is 0.481 e. The Kier molecular flexibility index (Phi) is 5.63. The molecule has 0 bridgehead atoms. The first kappa shape index (κ1) is 20.8. The minimum Gasteiger partial charge on any atom is -0.481 e. The average Bonchev–Trinajstić information content (AvgIpc) is 2.66. The average molecular weight is 417 g/mol. The molecule has 29 heavy (non-hydrogen) atoms. The van der Waals surface area contributed by atoms with Gasteiger partial charge in [-0.2, -0.15) is 5.26 Å². The van der Waals surface area contributed by atoms with E-state index in [0.29, 0.717) is 16.8 Å². The molecule has 0 radical (unpaired) electrons. The van der Waals surface area contributed by atoms with Gasteiger partial charge in [0, 0.05) is 29.1 Å². The third kappa shape index (κ3) is 3.58. The summed E-state index contributed by atoms with van der Waals surface area (Å²) < 4.78 is 27.8. The number of carbonyl (C=O) groups is 1. The van der Waals surface area contributed by atoms with Crippen molar-refractivity contribution in [2.24, 2.45) is 5.41 Å². The van der Waals surface area contributed by atoms with Crippen molar-refractivity contribution in [2.45, 2.75) is 32.2 Å². The Morgan fingerprint density at radius 2 is 2.00 bits per heavy atom. The molecule has 1 heterocycles. The Balaban J connectivity index is 2.23. The Bertz CT molecular complexity index is 1050. The van der Waals surface area contributed by atoms with Crippen LogP contribution in [-0.4, -0.2) is 17.1 Å². The SMILES string of the molecule is CC1NC(Cc2ccccc2F)=C(C#N)C(c2ccc(F)cc2Cl)C1(C)C(=O)O. The van der Waals surface area contributed by atoms with Gasteiger partial charge < -0.3 is 10.4 Å². The second-order valence-electron chi connectivity index (χ2n) is 7.32. The summed E-state index contributed by atoms with van der Waals surface area (Å²) in [6, 6.07) is 11.4. The highest BCUT2D eigenvalue weighted by atomic mass is 35.5. The van der Waals surface area contributed by atoms with E-state index in [-0.39, 0.29) is 17.0 Å². The highest BCUT2D eigenvalue weighted by Gasteiger charge is 2.52. The van der Waals surface area contributed by atoms with Crippen LogP contribution in [0.5, 0.6) is 0 Å². The molecule has 0 amide bonds. The van der Waals surface area contributed by atoms with E-state index in [2.05, 4.69) is 11.4 Å². The zero-order valence-electron chi connectivity index (χ0n) is 15.8. The Labute approximate surface area is 172 Å². The molecule has 3 unspecified atom stereocenters. The van der Waals surface area contributed by atoms with Gasteiger partial charge in [-0.05, 0) is 43.2 Å². The first-order valence-electron chi connectivity index (χ1n) is 9.01.